The molecule has 0 bridgehead atoms. The smallest absolute Gasteiger partial charge is 0.331 e. The zero-order valence-corrected chi connectivity index (χ0v) is 29.4. The lowest BCUT2D eigenvalue weighted by Crippen LogP contribution is -2.54. The third-order valence-electron chi connectivity index (χ3n) is 7.42. The number of carbonyl (C=O) groups is 5. The highest BCUT2D eigenvalue weighted by Crippen LogP contribution is 2.13. The van der Waals surface area contributed by atoms with Crippen molar-refractivity contribution in [1.82, 2.24) is 10.6 Å². The highest BCUT2D eigenvalue weighted by Gasteiger charge is 2.29. The van der Waals surface area contributed by atoms with E-state index in [1.54, 1.807) is 0 Å². The van der Waals surface area contributed by atoms with Crippen molar-refractivity contribution in [2.24, 2.45) is 11.5 Å². The Hall–Kier alpha value is -2.38. The van der Waals surface area contributed by atoms with Crippen molar-refractivity contribution in [2.45, 2.75) is 141 Å². The van der Waals surface area contributed by atoms with E-state index >= 15 is 0 Å². The second kappa shape index (κ2) is 30.0. The summed E-state index contributed by atoms with van der Waals surface area (Å²) in [5.74, 6) is -2.26. The highest BCUT2D eigenvalue weighted by atomic mass is 32.2. The summed E-state index contributed by atoms with van der Waals surface area (Å²) in [5.41, 5.74) is 11.3. The van der Waals surface area contributed by atoms with Gasteiger partial charge in [0, 0.05) is 24.9 Å². The van der Waals surface area contributed by atoms with Crippen LogP contribution >= 0.6 is 11.8 Å². The largest absolute Gasteiger partial charge is 0.467 e. The molecule has 0 aromatic carbocycles. The van der Waals surface area contributed by atoms with E-state index in [2.05, 4.69) is 17.6 Å². The van der Waals surface area contributed by atoms with Gasteiger partial charge in [-0.1, -0.05) is 90.4 Å². The summed E-state index contributed by atoms with van der Waals surface area (Å²) in [5, 5.41) is 5.03. The Kier molecular flexibility index (Phi) is 28.4. The molecule has 3 atom stereocenters. The molecule has 0 unspecified atom stereocenters. The van der Waals surface area contributed by atoms with Gasteiger partial charge in [0.15, 0.2) is 6.04 Å². The maximum Gasteiger partial charge on any atom is 0.331 e. The van der Waals surface area contributed by atoms with Crippen LogP contribution in [0.15, 0.2) is 0 Å². The van der Waals surface area contributed by atoms with Crippen LogP contribution < -0.4 is 22.1 Å². The Morgan fingerprint density at radius 1 is 0.739 bits per heavy atom. The Morgan fingerprint density at radius 3 is 1.87 bits per heavy atom. The van der Waals surface area contributed by atoms with Gasteiger partial charge in [-0.25, -0.2) is 4.79 Å². The molecule has 0 fully saturated rings. The van der Waals surface area contributed by atoms with Crippen LogP contribution in [0.1, 0.15) is 123 Å². The number of thioether (sulfide) groups is 1. The third-order valence-corrected chi connectivity index (χ3v) is 8.44. The number of hydrogen-bond donors (Lipinski definition) is 4. The Balaban J connectivity index is 4.30. The van der Waals surface area contributed by atoms with Crippen molar-refractivity contribution in [3.8, 4) is 0 Å². The minimum atomic E-state index is -1.29. The average molecular weight is 675 g/mol. The van der Waals surface area contributed by atoms with Crippen molar-refractivity contribution < 1.29 is 38.2 Å². The molecule has 0 heterocycles. The second-order valence-corrected chi connectivity index (χ2v) is 12.8. The maximum atomic E-state index is 12.9. The summed E-state index contributed by atoms with van der Waals surface area (Å²) in [6, 6.07) is -3.15. The van der Waals surface area contributed by atoms with E-state index in [0.717, 1.165) is 26.4 Å². The van der Waals surface area contributed by atoms with Gasteiger partial charge in [0.2, 0.25) is 11.8 Å². The van der Waals surface area contributed by atoms with Crippen molar-refractivity contribution in [2.75, 3.05) is 38.4 Å². The summed E-state index contributed by atoms with van der Waals surface area (Å²) in [4.78, 5) is 61.2. The third kappa shape index (κ3) is 24.8. The maximum absolute atomic E-state index is 12.9. The molecular weight excluding hydrogens is 612 g/mol. The molecule has 0 aromatic heterocycles. The number of hydrogen-bond acceptors (Lipinski definition) is 11. The van der Waals surface area contributed by atoms with E-state index in [0.29, 0.717) is 38.0 Å². The van der Waals surface area contributed by atoms with E-state index < -0.39 is 48.5 Å². The molecule has 0 saturated heterocycles. The lowest BCUT2D eigenvalue weighted by Gasteiger charge is -2.22. The van der Waals surface area contributed by atoms with E-state index in [1.165, 1.54) is 82.9 Å². The molecule has 6 N–H and O–H groups in total. The number of rotatable bonds is 30. The molecule has 268 valence electrons. The quantitative estimate of drug-likeness (QED) is 0.0491. The Labute approximate surface area is 280 Å². The lowest BCUT2D eigenvalue weighted by atomic mass is 10.0. The predicted molar refractivity (Wildman–Crippen MR) is 182 cm³/mol. The monoisotopic (exact) mass is 674 g/mol. The Morgan fingerprint density at radius 2 is 1.33 bits per heavy atom. The van der Waals surface area contributed by atoms with Crippen LogP contribution in [0.2, 0.25) is 0 Å². The van der Waals surface area contributed by atoms with E-state index in [1.807, 2.05) is 0 Å². The van der Waals surface area contributed by atoms with Crippen molar-refractivity contribution >= 4 is 41.5 Å². The minimum Gasteiger partial charge on any atom is -0.467 e. The van der Waals surface area contributed by atoms with Gasteiger partial charge in [-0.15, -0.1) is 0 Å². The molecule has 13 heteroatoms. The summed E-state index contributed by atoms with van der Waals surface area (Å²) in [6.45, 7) is 3.71. The van der Waals surface area contributed by atoms with Crippen LogP contribution in [0.3, 0.4) is 0 Å². The Bertz CT molecular complexity index is 848. The van der Waals surface area contributed by atoms with Gasteiger partial charge in [-0.2, -0.15) is 11.8 Å². The fraction of sp³-hybridized carbons (Fsp3) is 0.848. The van der Waals surface area contributed by atoms with Gasteiger partial charge < -0.3 is 36.3 Å². The number of amides is 2. The van der Waals surface area contributed by atoms with Crippen LogP contribution in [0, 0.1) is 0 Å². The van der Waals surface area contributed by atoms with Gasteiger partial charge >= 0.3 is 17.9 Å². The van der Waals surface area contributed by atoms with E-state index in [4.69, 9.17) is 25.7 Å². The lowest BCUT2D eigenvalue weighted by molar-refractivity contribution is -0.153. The molecule has 0 saturated carbocycles. The van der Waals surface area contributed by atoms with Crippen LogP contribution in [0.4, 0.5) is 0 Å². The van der Waals surface area contributed by atoms with Crippen molar-refractivity contribution in [3.63, 3.8) is 0 Å². The first-order valence-electron chi connectivity index (χ1n) is 17.2. The molecule has 12 nitrogen and oxygen atoms in total. The minimum absolute atomic E-state index is 0.168. The summed E-state index contributed by atoms with van der Waals surface area (Å²) in [6.07, 6.45) is 18.3. The normalized spacial score (nSPS) is 12.9. The summed E-state index contributed by atoms with van der Waals surface area (Å²) < 4.78 is 15.2. The van der Waals surface area contributed by atoms with Gasteiger partial charge in [-0.05, 0) is 25.8 Å². The first kappa shape index (κ1) is 43.6. The van der Waals surface area contributed by atoms with Gasteiger partial charge in [-0.3, -0.25) is 19.2 Å². The molecule has 2 amide bonds. The first-order valence-corrected chi connectivity index (χ1v) is 18.3. The predicted octanol–water partition coefficient (Wildman–Crippen LogP) is 3.91. The fourth-order valence-corrected chi connectivity index (χ4v) is 5.52. The van der Waals surface area contributed by atoms with Gasteiger partial charge in [0.1, 0.15) is 25.3 Å². The van der Waals surface area contributed by atoms with Crippen molar-refractivity contribution in [1.29, 1.82) is 0 Å². The van der Waals surface area contributed by atoms with Crippen LogP contribution in [0.25, 0.3) is 0 Å². The standard InChI is InChI=1S/C33H62N4O8S/c1-4-5-6-7-8-9-10-11-12-13-14-15-16-20-30(39)44-22-23-46-25-29(36-26(2)38)31(40)37-28(33(42)43-3)24-45-32(41)27(35)19-17-18-21-34/h27-29H,4-25,34-35H2,1-3H3,(H,36,38)(H,37,40)/t27-,28-,29+/m0/s1. The number of nitrogens with one attached hydrogen (secondary N) is 2. The SMILES string of the molecule is CCCCCCCCCCCCCCCC(=O)OCCSC[C@@H](NC(C)=O)C(=O)N[C@@H](COC(=O)[C@@H](N)CCCCN)C(=O)OC. The molecule has 0 aliphatic heterocycles. The van der Waals surface area contributed by atoms with E-state index in [9.17, 15) is 24.0 Å². The highest BCUT2D eigenvalue weighted by molar-refractivity contribution is 7.99. The number of methoxy groups -OCH3 is 1. The number of ether oxygens (including phenoxy) is 3. The molecule has 0 radical (unpaired) electrons. The average Bonchev–Trinajstić information content (AvgIpc) is 3.03. The molecule has 0 aliphatic carbocycles. The van der Waals surface area contributed by atoms with Crippen LogP contribution in [-0.2, 0) is 38.2 Å². The summed E-state index contributed by atoms with van der Waals surface area (Å²) >= 11 is 1.31. The molecule has 0 aliphatic rings. The number of unbranched alkanes of at least 4 members (excludes halogenated alkanes) is 13. The molecular formula is C33H62N4O8S. The van der Waals surface area contributed by atoms with Crippen LogP contribution in [-0.4, -0.2) is 86.2 Å². The number of carbonyl (C=O) groups excluding carboxylic acids is 5. The first-order chi connectivity index (χ1) is 22.2. The van der Waals surface area contributed by atoms with Gasteiger partial charge in [0.05, 0.1) is 7.11 Å². The van der Waals surface area contributed by atoms with Crippen LogP contribution in [0.5, 0.6) is 0 Å². The molecule has 0 rings (SSSR count). The molecule has 0 aromatic rings. The van der Waals surface area contributed by atoms with E-state index in [-0.39, 0.29) is 18.3 Å². The number of nitrogens with two attached hydrogens (primary N) is 2. The summed E-state index contributed by atoms with van der Waals surface area (Å²) in [7, 11) is 1.14. The second-order valence-electron chi connectivity index (χ2n) is 11.6. The fourth-order valence-electron chi connectivity index (χ4n) is 4.69. The topological polar surface area (TPSA) is 189 Å². The van der Waals surface area contributed by atoms with Gasteiger partial charge in [0.25, 0.3) is 0 Å². The zero-order valence-electron chi connectivity index (χ0n) is 28.6. The molecule has 0 spiro atoms. The zero-order chi connectivity index (χ0) is 34.4. The van der Waals surface area contributed by atoms with Crippen molar-refractivity contribution in [3.05, 3.63) is 0 Å². The molecule has 46 heavy (non-hydrogen) atoms. The number of esters is 3.